The van der Waals surface area contributed by atoms with Gasteiger partial charge in [0.05, 0.1) is 17.4 Å². The lowest BCUT2D eigenvalue weighted by atomic mass is 10.1. The molecule has 1 aliphatic rings. The first-order valence-electron chi connectivity index (χ1n) is 8.86. The van der Waals surface area contributed by atoms with E-state index < -0.39 is 11.6 Å². The molecule has 1 saturated heterocycles. The summed E-state index contributed by atoms with van der Waals surface area (Å²) in [6, 6.07) is 11.3. The van der Waals surface area contributed by atoms with Gasteiger partial charge in [-0.1, -0.05) is 12.1 Å². The van der Waals surface area contributed by atoms with E-state index in [4.69, 9.17) is 0 Å². The number of nitrogens with zero attached hydrogens (tertiary/aromatic N) is 3. The smallest absolute Gasteiger partial charge is 0.242 e. The fourth-order valence-corrected chi connectivity index (χ4v) is 4.65. The molecule has 4 nitrogen and oxygen atoms in total. The zero-order chi connectivity index (χ0) is 18.8. The first-order chi connectivity index (χ1) is 13.1. The molecule has 7 heteroatoms. The minimum atomic E-state index is -0.434. The molecule has 1 fully saturated rings. The van der Waals surface area contributed by atoms with Crippen LogP contribution in [0.5, 0.6) is 0 Å². The van der Waals surface area contributed by atoms with Crippen molar-refractivity contribution in [3.63, 3.8) is 0 Å². The highest BCUT2D eigenvalue weighted by Gasteiger charge is 2.24. The molecule has 2 aromatic carbocycles. The Morgan fingerprint density at radius 1 is 1.19 bits per heavy atom. The molecule has 4 rings (SSSR count). The van der Waals surface area contributed by atoms with Crippen LogP contribution in [-0.2, 0) is 11.3 Å². The van der Waals surface area contributed by atoms with Crippen molar-refractivity contribution in [3.05, 3.63) is 66.0 Å². The van der Waals surface area contributed by atoms with E-state index in [0.29, 0.717) is 30.8 Å². The van der Waals surface area contributed by atoms with E-state index in [0.717, 1.165) is 17.1 Å². The lowest BCUT2D eigenvalue weighted by molar-refractivity contribution is -0.131. The van der Waals surface area contributed by atoms with Crippen molar-refractivity contribution in [2.45, 2.75) is 18.2 Å². The Hall–Kier alpha value is -2.41. The molecule has 0 spiro atoms. The summed E-state index contributed by atoms with van der Waals surface area (Å²) in [4.78, 5) is 18.9. The van der Waals surface area contributed by atoms with Gasteiger partial charge in [-0.2, -0.15) is 11.8 Å². The predicted molar refractivity (Wildman–Crippen MR) is 102 cm³/mol. The van der Waals surface area contributed by atoms with Crippen LogP contribution in [0.4, 0.5) is 8.78 Å². The summed E-state index contributed by atoms with van der Waals surface area (Å²) in [5.74, 6) is -0.120. The Bertz CT molecular complexity index is 975. The molecule has 0 unspecified atom stereocenters. The highest BCUT2D eigenvalue weighted by Crippen LogP contribution is 2.36. The molecule has 0 saturated carbocycles. The summed E-state index contributed by atoms with van der Waals surface area (Å²) in [5, 5.41) is -0.146. The molecule has 1 aromatic heterocycles. The number of imidazole rings is 1. The Morgan fingerprint density at radius 3 is 2.93 bits per heavy atom. The number of hydrogen-bond donors (Lipinski definition) is 0. The molecule has 2 heterocycles. The second kappa shape index (κ2) is 7.68. The summed E-state index contributed by atoms with van der Waals surface area (Å²) >= 11 is 1.57. The molecule has 0 radical (unpaired) electrons. The van der Waals surface area contributed by atoms with Crippen LogP contribution in [0.2, 0.25) is 0 Å². The maximum atomic E-state index is 14.1. The van der Waals surface area contributed by atoms with E-state index in [-0.39, 0.29) is 17.7 Å². The third-order valence-electron chi connectivity index (χ3n) is 4.83. The quantitative estimate of drug-likeness (QED) is 0.681. The number of thioether (sulfide) groups is 1. The first kappa shape index (κ1) is 18.0. The van der Waals surface area contributed by atoms with E-state index >= 15 is 0 Å². The zero-order valence-electron chi connectivity index (χ0n) is 14.6. The molecule has 1 aliphatic heterocycles. The zero-order valence-corrected chi connectivity index (χ0v) is 15.5. The largest absolute Gasteiger partial charge is 0.340 e. The average Bonchev–Trinajstić information content (AvgIpc) is 2.91. The fraction of sp³-hybridized carbons (Fsp3) is 0.300. The van der Waals surface area contributed by atoms with Gasteiger partial charge in [0.2, 0.25) is 5.91 Å². The highest BCUT2D eigenvalue weighted by atomic mass is 32.2. The van der Waals surface area contributed by atoms with Gasteiger partial charge in [-0.25, -0.2) is 13.8 Å². The van der Waals surface area contributed by atoms with Crippen molar-refractivity contribution in [1.29, 1.82) is 0 Å². The number of benzene rings is 2. The van der Waals surface area contributed by atoms with Gasteiger partial charge in [-0.15, -0.1) is 0 Å². The monoisotopic (exact) mass is 387 g/mol. The van der Waals surface area contributed by atoms with Gasteiger partial charge < -0.3 is 9.47 Å². The Morgan fingerprint density at radius 2 is 2.04 bits per heavy atom. The van der Waals surface area contributed by atoms with Gasteiger partial charge in [0.15, 0.2) is 0 Å². The molecule has 0 aliphatic carbocycles. The van der Waals surface area contributed by atoms with Crippen molar-refractivity contribution in [2.24, 2.45) is 0 Å². The second-order valence-electron chi connectivity index (χ2n) is 6.56. The van der Waals surface area contributed by atoms with Crippen LogP contribution in [0.1, 0.15) is 17.2 Å². The number of hydrogen-bond acceptors (Lipinski definition) is 3. The normalized spacial score (nSPS) is 17.9. The number of carbonyl (C=O) groups is 1. The number of halogens is 2. The molecule has 0 bridgehead atoms. The van der Waals surface area contributed by atoms with Crippen molar-refractivity contribution in [2.75, 3.05) is 18.8 Å². The Kier molecular flexibility index (Phi) is 5.11. The number of rotatable bonds is 3. The van der Waals surface area contributed by atoms with Crippen LogP contribution in [0.3, 0.4) is 0 Å². The van der Waals surface area contributed by atoms with Crippen molar-refractivity contribution in [1.82, 2.24) is 14.5 Å². The molecule has 140 valence electrons. The topological polar surface area (TPSA) is 38.1 Å². The lowest BCUT2D eigenvalue weighted by Gasteiger charge is -2.21. The molecular formula is C20H19F2N3OS. The highest BCUT2D eigenvalue weighted by molar-refractivity contribution is 7.99. The van der Waals surface area contributed by atoms with E-state index in [1.165, 1.54) is 12.1 Å². The standard InChI is InChI=1S/C20H19F2N3OS/c21-14-5-6-16(22)15(11-14)19-7-8-24(9-10-27-19)20(26)12-25-13-23-17-3-1-2-4-18(17)25/h1-6,11,13,19H,7-10,12H2/t19-/m0/s1. The second-order valence-corrected chi connectivity index (χ2v) is 7.87. The molecule has 1 amide bonds. The van der Waals surface area contributed by atoms with Crippen molar-refractivity contribution in [3.8, 4) is 0 Å². The molecule has 3 aromatic rings. The predicted octanol–water partition coefficient (Wildman–Crippen LogP) is 4.02. The van der Waals surface area contributed by atoms with Crippen LogP contribution in [0.25, 0.3) is 11.0 Å². The minimum absolute atomic E-state index is 0.0131. The summed E-state index contributed by atoms with van der Waals surface area (Å²) in [5.41, 5.74) is 2.17. The van der Waals surface area contributed by atoms with Gasteiger partial charge in [0, 0.05) is 29.7 Å². The number of para-hydroxylation sites is 2. The van der Waals surface area contributed by atoms with Crippen LogP contribution in [-0.4, -0.2) is 39.2 Å². The van der Waals surface area contributed by atoms with Crippen LogP contribution >= 0.6 is 11.8 Å². The van der Waals surface area contributed by atoms with Crippen molar-refractivity contribution < 1.29 is 13.6 Å². The number of amides is 1. The summed E-state index contributed by atoms with van der Waals surface area (Å²) in [6.45, 7) is 1.35. The average molecular weight is 387 g/mol. The number of aromatic nitrogens is 2. The maximum absolute atomic E-state index is 14.1. The van der Waals surface area contributed by atoms with Gasteiger partial charge in [0.25, 0.3) is 0 Å². The van der Waals surface area contributed by atoms with Gasteiger partial charge >= 0.3 is 0 Å². The van der Waals surface area contributed by atoms with Gasteiger partial charge in [-0.3, -0.25) is 4.79 Å². The van der Waals surface area contributed by atoms with Gasteiger partial charge in [0.1, 0.15) is 18.2 Å². The first-order valence-corrected chi connectivity index (χ1v) is 9.91. The summed E-state index contributed by atoms with van der Waals surface area (Å²) in [7, 11) is 0. The summed E-state index contributed by atoms with van der Waals surface area (Å²) < 4.78 is 29.4. The maximum Gasteiger partial charge on any atom is 0.242 e. The Balaban J connectivity index is 1.44. The molecular weight excluding hydrogens is 368 g/mol. The van der Waals surface area contributed by atoms with Crippen molar-refractivity contribution >= 4 is 28.7 Å². The molecule has 0 N–H and O–H groups in total. The third kappa shape index (κ3) is 3.83. The van der Waals surface area contributed by atoms with Crippen LogP contribution in [0.15, 0.2) is 48.8 Å². The SMILES string of the molecule is O=C(Cn1cnc2ccccc21)N1CCS[C@H](c2cc(F)ccc2F)CC1. The summed E-state index contributed by atoms with van der Waals surface area (Å²) in [6.07, 6.45) is 2.28. The van der Waals surface area contributed by atoms with E-state index in [2.05, 4.69) is 4.98 Å². The number of fused-ring (bicyclic) bond motifs is 1. The van der Waals surface area contributed by atoms with Crippen LogP contribution in [0, 0.1) is 11.6 Å². The lowest BCUT2D eigenvalue weighted by Crippen LogP contribution is -2.35. The van der Waals surface area contributed by atoms with E-state index in [1.807, 2.05) is 28.8 Å². The molecule has 1 atom stereocenters. The van der Waals surface area contributed by atoms with Gasteiger partial charge in [-0.05, 0) is 36.8 Å². The molecule has 27 heavy (non-hydrogen) atoms. The van der Waals surface area contributed by atoms with E-state index in [9.17, 15) is 13.6 Å². The Labute approximate surface area is 160 Å². The van der Waals surface area contributed by atoms with E-state index in [1.54, 1.807) is 23.0 Å². The number of carbonyl (C=O) groups excluding carboxylic acids is 1. The third-order valence-corrected chi connectivity index (χ3v) is 6.14. The van der Waals surface area contributed by atoms with Crippen LogP contribution < -0.4 is 0 Å². The minimum Gasteiger partial charge on any atom is -0.340 e. The fourth-order valence-electron chi connectivity index (χ4n) is 3.41.